The van der Waals surface area contributed by atoms with E-state index >= 15 is 0 Å². The number of nitrogens with zero attached hydrogens (tertiary/aromatic N) is 3. The predicted octanol–water partition coefficient (Wildman–Crippen LogP) is 2.80. The molecule has 0 saturated carbocycles. The van der Waals surface area contributed by atoms with E-state index in [1.54, 1.807) is 37.3 Å². The Balaban J connectivity index is 0.000000289. The third kappa shape index (κ3) is 8.34. The maximum absolute atomic E-state index is 13.0. The minimum atomic E-state index is -1.05. The number of rotatable bonds is 5. The summed E-state index contributed by atoms with van der Waals surface area (Å²) in [6.07, 6.45) is 3.18. The van der Waals surface area contributed by atoms with Crippen molar-refractivity contribution in [3.8, 4) is 16.9 Å². The zero-order valence-electron chi connectivity index (χ0n) is 26.1. The number of benzene rings is 3. The van der Waals surface area contributed by atoms with E-state index in [-0.39, 0.29) is 28.6 Å². The standard InChI is InChI=1S/C26H22N4O4.2C4H10N2/c1-15-23(25(32)30(29-15)20-12-11-16-5-2-6-17(16)14-20)28-27-22-10-4-9-21(24(22)31)18-7-3-8-19(13-18)26(33)34;2*1-2-6-4-3-5-1/h3-4,7-14,27,31H,2,5-6H2,1H3,(H,33,34);2*5-6H,1-4H2/b28-23-;;. The van der Waals surface area contributed by atoms with Gasteiger partial charge in [0.15, 0.2) is 5.71 Å². The fourth-order valence-corrected chi connectivity index (χ4v) is 5.50. The van der Waals surface area contributed by atoms with Crippen molar-refractivity contribution in [3.05, 3.63) is 77.4 Å². The number of piperazine rings is 2. The van der Waals surface area contributed by atoms with Gasteiger partial charge in [-0.15, -0.1) is 0 Å². The molecule has 2 saturated heterocycles. The maximum Gasteiger partial charge on any atom is 0.335 e. The fourth-order valence-electron chi connectivity index (χ4n) is 5.50. The molecule has 242 valence electrons. The first-order chi connectivity index (χ1) is 22.4. The van der Waals surface area contributed by atoms with Crippen LogP contribution in [0.4, 0.5) is 11.4 Å². The van der Waals surface area contributed by atoms with Crippen LogP contribution in [0.15, 0.2) is 70.9 Å². The van der Waals surface area contributed by atoms with E-state index in [1.165, 1.54) is 28.3 Å². The van der Waals surface area contributed by atoms with E-state index in [9.17, 15) is 19.8 Å². The molecule has 0 unspecified atom stereocenters. The van der Waals surface area contributed by atoms with Crippen molar-refractivity contribution in [1.82, 2.24) is 21.3 Å². The number of carbonyl (C=O) groups is 2. The Hall–Kier alpha value is -4.62. The zero-order chi connectivity index (χ0) is 32.3. The molecule has 0 radical (unpaired) electrons. The third-order valence-electron chi connectivity index (χ3n) is 7.97. The second-order valence-electron chi connectivity index (χ2n) is 11.3. The number of carboxylic acid groups (broad SMARTS) is 1. The molecule has 7 rings (SSSR count). The Morgan fingerprint density at radius 3 is 2.11 bits per heavy atom. The molecule has 1 amide bonds. The minimum Gasteiger partial charge on any atom is -0.505 e. The molecule has 3 aliphatic heterocycles. The zero-order valence-corrected chi connectivity index (χ0v) is 26.1. The number of aromatic carboxylic acids is 1. The van der Waals surface area contributed by atoms with Gasteiger partial charge in [0.1, 0.15) is 5.75 Å². The van der Waals surface area contributed by atoms with Crippen LogP contribution in [0, 0.1) is 0 Å². The van der Waals surface area contributed by atoms with Crippen LogP contribution in [0.2, 0.25) is 0 Å². The monoisotopic (exact) mass is 626 g/mol. The molecule has 0 spiro atoms. The first-order valence-electron chi connectivity index (χ1n) is 15.8. The number of anilines is 2. The van der Waals surface area contributed by atoms with Crippen LogP contribution in [-0.4, -0.2) is 85.9 Å². The van der Waals surface area contributed by atoms with Crippen molar-refractivity contribution >= 4 is 34.7 Å². The first kappa shape index (κ1) is 32.8. The lowest BCUT2D eigenvalue weighted by Gasteiger charge is -2.13. The van der Waals surface area contributed by atoms with Crippen molar-refractivity contribution < 1.29 is 19.8 Å². The number of carbonyl (C=O) groups excluding carboxylic acids is 1. The normalized spacial score (nSPS) is 18.1. The van der Waals surface area contributed by atoms with Crippen LogP contribution >= 0.6 is 0 Å². The molecule has 12 heteroatoms. The summed E-state index contributed by atoms with van der Waals surface area (Å²) < 4.78 is 0. The number of hydrogen-bond donors (Lipinski definition) is 7. The van der Waals surface area contributed by atoms with Gasteiger partial charge in [0.05, 0.1) is 22.6 Å². The molecule has 0 bridgehead atoms. The molecule has 46 heavy (non-hydrogen) atoms. The van der Waals surface area contributed by atoms with Crippen molar-refractivity contribution in [2.45, 2.75) is 26.2 Å². The van der Waals surface area contributed by atoms with Crippen molar-refractivity contribution in [2.75, 3.05) is 62.8 Å². The topological polar surface area (TPSA) is 163 Å². The van der Waals surface area contributed by atoms with E-state index in [0.29, 0.717) is 22.5 Å². The van der Waals surface area contributed by atoms with E-state index < -0.39 is 5.97 Å². The molecule has 2 fully saturated rings. The third-order valence-corrected chi connectivity index (χ3v) is 7.97. The Morgan fingerprint density at radius 2 is 1.48 bits per heavy atom. The van der Waals surface area contributed by atoms with Gasteiger partial charge >= 0.3 is 11.9 Å². The molecule has 3 aromatic carbocycles. The molecule has 0 aromatic heterocycles. The average molecular weight is 627 g/mol. The summed E-state index contributed by atoms with van der Waals surface area (Å²) in [6, 6.07) is 17.3. The SMILES string of the molecule is C1CNCCN1.C1CNCCN1.CC1=NN(c2ccc3c(c2)CCC3)C(=O)/C1=N\Nc1cccc(-c2cccc(C(=O)O)c2)c1O. The number of amides is 1. The van der Waals surface area contributed by atoms with Crippen molar-refractivity contribution in [3.63, 3.8) is 0 Å². The fraction of sp³-hybridized carbons (Fsp3) is 0.353. The lowest BCUT2D eigenvalue weighted by atomic mass is 10.0. The van der Waals surface area contributed by atoms with Gasteiger partial charge in [-0.1, -0.05) is 30.3 Å². The highest BCUT2D eigenvalue weighted by atomic mass is 16.4. The summed E-state index contributed by atoms with van der Waals surface area (Å²) in [7, 11) is 0. The molecule has 1 aliphatic carbocycles. The van der Waals surface area contributed by atoms with Crippen LogP contribution in [0.1, 0.15) is 34.8 Å². The van der Waals surface area contributed by atoms with E-state index in [4.69, 9.17) is 0 Å². The average Bonchev–Trinajstić information content (AvgIpc) is 3.69. The Labute approximate surface area is 269 Å². The minimum absolute atomic E-state index is 0.107. The van der Waals surface area contributed by atoms with Gasteiger partial charge in [0.25, 0.3) is 0 Å². The number of hydrogen-bond acceptors (Lipinski definition) is 10. The van der Waals surface area contributed by atoms with Crippen LogP contribution in [0.3, 0.4) is 0 Å². The number of phenols is 1. The molecular formula is C34H42N8O4. The number of fused-ring (bicyclic) bond motifs is 1. The summed E-state index contributed by atoms with van der Waals surface area (Å²) in [6.45, 7) is 10.8. The number of para-hydroxylation sites is 1. The molecule has 3 aromatic rings. The first-order valence-corrected chi connectivity index (χ1v) is 15.8. The van der Waals surface area contributed by atoms with Gasteiger partial charge in [-0.3, -0.25) is 10.2 Å². The van der Waals surface area contributed by atoms with Crippen molar-refractivity contribution in [2.24, 2.45) is 10.2 Å². The van der Waals surface area contributed by atoms with Gasteiger partial charge in [0, 0.05) is 57.9 Å². The van der Waals surface area contributed by atoms with Gasteiger partial charge in [-0.25, -0.2) is 4.79 Å². The molecule has 0 atom stereocenters. The quantitative estimate of drug-likeness (QED) is 0.167. The highest BCUT2D eigenvalue weighted by molar-refractivity contribution is 6.71. The van der Waals surface area contributed by atoms with Gasteiger partial charge < -0.3 is 31.5 Å². The molecule has 7 N–H and O–H groups in total. The summed E-state index contributed by atoms with van der Waals surface area (Å²) in [5.41, 5.74) is 8.03. The van der Waals surface area contributed by atoms with Gasteiger partial charge in [-0.05, 0) is 73.2 Å². The highest BCUT2D eigenvalue weighted by Gasteiger charge is 2.31. The largest absolute Gasteiger partial charge is 0.505 e. The van der Waals surface area contributed by atoms with E-state index in [2.05, 4.69) is 36.9 Å². The lowest BCUT2D eigenvalue weighted by Crippen LogP contribution is -2.39. The maximum atomic E-state index is 13.0. The summed E-state index contributed by atoms with van der Waals surface area (Å²) in [5.74, 6) is -1.51. The number of aromatic hydroxyl groups is 1. The lowest BCUT2D eigenvalue weighted by molar-refractivity contribution is -0.112. The van der Waals surface area contributed by atoms with Gasteiger partial charge in [0.2, 0.25) is 0 Å². The van der Waals surface area contributed by atoms with Crippen LogP contribution in [-0.2, 0) is 17.6 Å². The second-order valence-corrected chi connectivity index (χ2v) is 11.3. The number of hydrazone groups is 2. The van der Waals surface area contributed by atoms with Crippen LogP contribution in [0.25, 0.3) is 11.1 Å². The van der Waals surface area contributed by atoms with Crippen molar-refractivity contribution in [1.29, 1.82) is 0 Å². The predicted molar refractivity (Wildman–Crippen MR) is 182 cm³/mol. The molecule has 4 aliphatic rings. The second kappa shape index (κ2) is 16.1. The molecule has 12 nitrogen and oxygen atoms in total. The summed E-state index contributed by atoms with van der Waals surface area (Å²) in [4.78, 5) is 24.3. The Bertz CT molecular complexity index is 1560. The Kier molecular flexibility index (Phi) is 11.5. The summed E-state index contributed by atoms with van der Waals surface area (Å²) >= 11 is 0. The molecular weight excluding hydrogens is 584 g/mol. The highest BCUT2D eigenvalue weighted by Crippen LogP contribution is 2.36. The number of phenolic OH excluding ortho intramolecular Hbond substituents is 1. The number of aryl methyl sites for hydroxylation is 2. The van der Waals surface area contributed by atoms with E-state index in [0.717, 1.165) is 71.6 Å². The number of nitrogens with one attached hydrogen (secondary N) is 5. The Morgan fingerprint density at radius 1 is 0.848 bits per heavy atom. The van der Waals surface area contributed by atoms with Crippen LogP contribution < -0.4 is 31.7 Å². The van der Waals surface area contributed by atoms with Crippen LogP contribution in [0.5, 0.6) is 5.75 Å². The van der Waals surface area contributed by atoms with Gasteiger partial charge in [-0.2, -0.15) is 15.2 Å². The molecule has 3 heterocycles. The van der Waals surface area contributed by atoms with E-state index in [1.807, 2.05) is 18.2 Å². The number of carboxylic acids is 1. The summed E-state index contributed by atoms with van der Waals surface area (Å²) in [5, 5.41) is 42.9. The smallest absolute Gasteiger partial charge is 0.335 e.